The van der Waals surface area contributed by atoms with E-state index in [1.165, 1.54) is 0 Å². The normalized spacial score (nSPS) is 18.4. The monoisotopic (exact) mass is 278 g/mol. The van der Waals surface area contributed by atoms with Crippen LogP contribution in [-0.4, -0.2) is 46.3 Å². The van der Waals surface area contributed by atoms with Gasteiger partial charge in [-0.25, -0.2) is 0 Å². The van der Waals surface area contributed by atoms with Crippen LogP contribution >= 0.6 is 0 Å². The fourth-order valence-corrected chi connectivity index (χ4v) is 2.80. The maximum absolute atomic E-state index is 12.9. The molecule has 0 radical (unpaired) electrons. The standard InChI is InChI=1S/C15H26N4O/c1-4-9-18(13-7-8-16-11-13)15(20)14-10-12(5-2)17-19(14)6-3/h10,13,16H,4-9,11H2,1-3H3. The van der Waals surface area contributed by atoms with Crippen molar-refractivity contribution in [2.75, 3.05) is 19.6 Å². The molecule has 0 bridgehead atoms. The Balaban J connectivity index is 2.23. The summed E-state index contributed by atoms with van der Waals surface area (Å²) in [5.41, 5.74) is 1.74. The third-order valence-corrected chi connectivity index (χ3v) is 3.91. The van der Waals surface area contributed by atoms with Crippen molar-refractivity contribution in [1.82, 2.24) is 20.0 Å². The van der Waals surface area contributed by atoms with Gasteiger partial charge in [-0.2, -0.15) is 5.10 Å². The summed E-state index contributed by atoms with van der Waals surface area (Å²) < 4.78 is 1.84. The Bertz CT molecular complexity index is 449. The number of carbonyl (C=O) groups is 1. The average molecular weight is 278 g/mol. The van der Waals surface area contributed by atoms with Crippen molar-refractivity contribution in [1.29, 1.82) is 0 Å². The highest BCUT2D eigenvalue weighted by atomic mass is 16.2. The van der Waals surface area contributed by atoms with Gasteiger partial charge in [-0.05, 0) is 38.8 Å². The molecule has 0 aromatic carbocycles. The molecule has 1 aliphatic heterocycles. The first-order chi connectivity index (χ1) is 9.71. The van der Waals surface area contributed by atoms with E-state index in [1.807, 2.05) is 22.6 Å². The van der Waals surface area contributed by atoms with E-state index in [0.29, 0.717) is 6.04 Å². The lowest BCUT2D eigenvalue weighted by Crippen LogP contribution is -2.42. The molecule has 1 atom stereocenters. The molecule has 1 amide bonds. The van der Waals surface area contributed by atoms with Crippen LogP contribution in [-0.2, 0) is 13.0 Å². The Morgan fingerprint density at radius 3 is 2.85 bits per heavy atom. The number of aromatic nitrogens is 2. The van der Waals surface area contributed by atoms with Gasteiger partial charge in [0.2, 0.25) is 0 Å². The molecule has 112 valence electrons. The summed E-state index contributed by atoms with van der Waals surface area (Å²) in [6.07, 6.45) is 2.90. The highest BCUT2D eigenvalue weighted by Crippen LogP contribution is 2.15. The third kappa shape index (κ3) is 3.03. The van der Waals surface area contributed by atoms with Gasteiger partial charge in [-0.15, -0.1) is 0 Å². The van der Waals surface area contributed by atoms with Crippen molar-refractivity contribution in [2.45, 2.75) is 52.6 Å². The average Bonchev–Trinajstić information content (AvgIpc) is 3.12. The molecule has 1 saturated heterocycles. The second-order valence-electron chi connectivity index (χ2n) is 5.34. The van der Waals surface area contributed by atoms with Crippen LogP contribution in [0.4, 0.5) is 0 Å². The Labute approximate surface area is 121 Å². The number of hydrogen-bond donors (Lipinski definition) is 1. The zero-order valence-corrected chi connectivity index (χ0v) is 12.9. The Morgan fingerprint density at radius 1 is 1.50 bits per heavy atom. The number of hydrogen-bond acceptors (Lipinski definition) is 3. The van der Waals surface area contributed by atoms with Crippen LogP contribution in [0, 0.1) is 0 Å². The summed E-state index contributed by atoms with van der Waals surface area (Å²) in [5.74, 6) is 0.134. The van der Waals surface area contributed by atoms with E-state index in [9.17, 15) is 4.79 Å². The first kappa shape index (κ1) is 15.0. The molecule has 1 aromatic heterocycles. The molecular formula is C15H26N4O. The Kier molecular flexibility index (Phi) is 5.17. The minimum Gasteiger partial charge on any atom is -0.333 e. The number of rotatable bonds is 6. The molecule has 1 unspecified atom stereocenters. The first-order valence-corrected chi connectivity index (χ1v) is 7.79. The lowest BCUT2D eigenvalue weighted by molar-refractivity contribution is 0.0679. The quantitative estimate of drug-likeness (QED) is 0.861. The van der Waals surface area contributed by atoms with E-state index < -0.39 is 0 Å². The third-order valence-electron chi connectivity index (χ3n) is 3.91. The van der Waals surface area contributed by atoms with Gasteiger partial charge >= 0.3 is 0 Å². The molecule has 2 heterocycles. The van der Waals surface area contributed by atoms with Gasteiger partial charge < -0.3 is 10.2 Å². The van der Waals surface area contributed by atoms with E-state index in [1.54, 1.807) is 0 Å². The molecule has 0 saturated carbocycles. The summed E-state index contributed by atoms with van der Waals surface area (Å²) in [7, 11) is 0. The van der Waals surface area contributed by atoms with Crippen LogP contribution in [0.5, 0.6) is 0 Å². The van der Waals surface area contributed by atoms with Crippen molar-refractivity contribution in [3.05, 3.63) is 17.5 Å². The molecule has 1 fully saturated rings. The molecule has 0 spiro atoms. The van der Waals surface area contributed by atoms with E-state index in [4.69, 9.17) is 0 Å². The first-order valence-electron chi connectivity index (χ1n) is 7.79. The zero-order chi connectivity index (χ0) is 14.5. The fourth-order valence-electron chi connectivity index (χ4n) is 2.80. The summed E-state index contributed by atoms with van der Waals surface area (Å²) in [4.78, 5) is 14.9. The van der Waals surface area contributed by atoms with Crippen molar-refractivity contribution in [2.24, 2.45) is 0 Å². The summed E-state index contributed by atoms with van der Waals surface area (Å²) in [5, 5.41) is 7.84. The lowest BCUT2D eigenvalue weighted by atomic mass is 10.2. The predicted octanol–water partition coefficient (Wildman–Crippen LogP) is 1.68. The van der Waals surface area contributed by atoms with Gasteiger partial charge in [-0.3, -0.25) is 9.48 Å². The van der Waals surface area contributed by atoms with Gasteiger partial charge in [-0.1, -0.05) is 13.8 Å². The lowest BCUT2D eigenvalue weighted by Gasteiger charge is -2.28. The SMILES string of the molecule is CCCN(C(=O)c1cc(CC)nn1CC)C1CCNC1. The van der Waals surface area contributed by atoms with E-state index in [-0.39, 0.29) is 5.91 Å². The maximum Gasteiger partial charge on any atom is 0.272 e. The van der Waals surface area contributed by atoms with E-state index in [0.717, 1.165) is 56.8 Å². The Morgan fingerprint density at radius 2 is 2.30 bits per heavy atom. The molecule has 1 N–H and O–H groups in total. The zero-order valence-electron chi connectivity index (χ0n) is 12.9. The van der Waals surface area contributed by atoms with Gasteiger partial charge in [0.1, 0.15) is 5.69 Å². The minimum atomic E-state index is 0.134. The van der Waals surface area contributed by atoms with Crippen molar-refractivity contribution < 1.29 is 4.79 Å². The molecule has 0 aliphatic carbocycles. The van der Waals surface area contributed by atoms with E-state index in [2.05, 4.69) is 24.3 Å². The second kappa shape index (κ2) is 6.88. The van der Waals surface area contributed by atoms with E-state index >= 15 is 0 Å². The van der Waals surface area contributed by atoms with Crippen molar-refractivity contribution in [3.63, 3.8) is 0 Å². The highest BCUT2D eigenvalue weighted by Gasteiger charge is 2.28. The number of amides is 1. The van der Waals surface area contributed by atoms with Gasteiger partial charge in [0, 0.05) is 25.7 Å². The molecule has 1 aromatic rings. The van der Waals surface area contributed by atoms with Crippen LogP contribution in [0.2, 0.25) is 0 Å². The van der Waals surface area contributed by atoms with Crippen LogP contribution in [0.3, 0.4) is 0 Å². The van der Waals surface area contributed by atoms with Crippen molar-refractivity contribution >= 4 is 5.91 Å². The van der Waals surface area contributed by atoms with Gasteiger partial charge in [0.15, 0.2) is 0 Å². The van der Waals surface area contributed by atoms with Crippen LogP contribution in [0.1, 0.15) is 49.8 Å². The number of nitrogens with zero attached hydrogens (tertiary/aromatic N) is 3. The summed E-state index contributed by atoms with van der Waals surface area (Å²) >= 11 is 0. The smallest absolute Gasteiger partial charge is 0.272 e. The topological polar surface area (TPSA) is 50.2 Å². The fraction of sp³-hybridized carbons (Fsp3) is 0.733. The van der Waals surface area contributed by atoms with Crippen molar-refractivity contribution in [3.8, 4) is 0 Å². The van der Waals surface area contributed by atoms with Crippen LogP contribution in [0.25, 0.3) is 0 Å². The van der Waals surface area contributed by atoms with Crippen LogP contribution in [0.15, 0.2) is 6.07 Å². The Hall–Kier alpha value is -1.36. The van der Waals surface area contributed by atoms with Crippen LogP contribution < -0.4 is 5.32 Å². The second-order valence-corrected chi connectivity index (χ2v) is 5.34. The molecule has 5 nitrogen and oxygen atoms in total. The number of carbonyl (C=O) groups excluding carboxylic acids is 1. The summed E-state index contributed by atoms with van der Waals surface area (Å²) in [6, 6.07) is 2.28. The molecule has 20 heavy (non-hydrogen) atoms. The summed E-state index contributed by atoms with van der Waals surface area (Å²) in [6.45, 7) is 9.70. The molecule has 1 aliphatic rings. The minimum absolute atomic E-state index is 0.134. The highest BCUT2D eigenvalue weighted by molar-refractivity contribution is 5.93. The largest absolute Gasteiger partial charge is 0.333 e. The number of aryl methyl sites for hydroxylation is 2. The molecular weight excluding hydrogens is 252 g/mol. The predicted molar refractivity (Wildman–Crippen MR) is 79.9 cm³/mol. The molecule has 2 rings (SSSR count). The van der Waals surface area contributed by atoms with Gasteiger partial charge in [0.05, 0.1) is 5.69 Å². The maximum atomic E-state index is 12.9. The molecule has 5 heteroatoms. The number of nitrogens with one attached hydrogen (secondary N) is 1. The van der Waals surface area contributed by atoms with Gasteiger partial charge in [0.25, 0.3) is 5.91 Å².